The molecule has 0 aromatic carbocycles. The normalized spacial score (nSPS) is 18.2. The zero-order chi connectivity index (χ0) is 12.7. The SMILES string of the molecule is CC(C)COC(=O)N1CCCN(CCN)CC1. The Morgan fingerprint density at radius 1 is 1.29 bits per heavy atom. The molecule has 1 heterocycles. The van der Waals surface area contributed by atoms with E-state index in [-0.39, 0.29) is 6.09 Å². The first-order chi connectivity index (χ1) is 8.13. The van der Waals surface area contributed by atoms with Gasteiger partial charge in [0.05, 0.1) is 6.61 Å². The van der Waals surface area contributed by atoms with Gasteiger partial charge >= 0.3 is 6.09 Å². The minimum atomic E-state index is -0.173. The molecule has 0 atom stereocenters. The summed E-state index contributed by atoms with van der Waals surface area (Å²) >= 11 is 0. The molecule has 0 spiro atoms. The van der Waals surface area contributed by atoms with E-state index >= 15 is 0 Å². The third kappa shape index (κ3) is 5.37. The summed E-state index contributed by atoms with van der Waals surface area (Å²) in [4.78, 5) is 15.9. The second kappa shape index (κ2) is 7.50. The van der Waals surface area contributed by atoms with Crippen LogP contribution in [0.3, 0.4) is 0 Å². The molecule has 100 valence electrons. The lowest BCUT2D eigenvalue weighted by Crippen LogP contribution is -2.37. The minimum Gasteiger partial charge on any atom is -0.449 e. The van der Waals surface area contributed by atoms with Crippen LogP contribution in [0.5, 0.6) is 0 Å². The van der Waals surface area contributed by atoms with Gasteiger partial charge in [-0.25, -0.2) is 4.79 Å². The Morgan fingerprint density at radius 2 is 2.06 bits per heavy atom. The van der Waals surface area contributed by atoms with Crippen LogP contribution in [0.25, 0.3) is 0 Å². The highest BCUT2D eigenvalue weighted by atomic mass is 16.6. The van der Waals surface area contributed by atoms with Crippen LogP contribution in [0.2, 0.25) is 0 Å². The molecule has 0 aromatic rings. The van der Waals surface area contributed by atoms with Crippen LogP contribution >= 0.6 is 0 Å². The molecule has 1 rings (SSSR count). The molecule has 0 radical (unpaired) electrons. The molecule has 1 aliphatic rings. The number of carbonyl (C=O) groups is 1. The molecule has 1 fully saturated rings. The van der Waals surface area contributed by atoms with Gasteiger partial charge in [0.1, 0.15) is 0 Å². The highest BCUT2D eigenvalue weighted by Crippen LogP contribution is 2.05. The van der Waals surface area contributed by atoms with E-state index in [0.717, 1.165) is 39.1 Å². The summed E-state index contributed by atoms with van der Waals surface area (Å²) in [6.45, 7) is 9.62. The summed E-state index contributed by atoms with van der Waals surface area (Å²) in [5.41, 5.74) is 5.54. The zero-order valence-corrected chi connectivity index (χ0v) is 11.0. The third-order valence-electron chi connectivity index (χ3n) is 2.83. The predicted molar refractivity (Wildman–Crippen MR) is 67.9 cm³/mol. The van der Waals surface area contributed by atoms with Crippen LogP contribution < -0.4 is 5.73 Å². The van der Waals surface area contributed by atoms with E-state index < -0.39 is 0 Å². The van der Waals surface area contributed by atoms with Gasteiger partial charge in [0.25, 0.3) is 0 Å². The van der Waals surface area contributed by atoms with E-state index in [2.05, 4.69) is 4.90 Å². The number of hydrogen-bond acceptors (Lipinski definition) is 4. The van der Waals surface area contributed by atoms with Crippen LogP contribution in [0.15, 0.2) is 0 Å². The lowest BCUT2D eigenvalue weighted by atomic mass is 10.2. The quantitative estimate of drug-likeness (QED) is 0.791. The van der Waals surface area contributed by atoms with Gasteiger partial charge in [0.2, 0.25) is 0 Å². The molecule has 5 heteroatoms. The van der Waals surface area contributed by atoms with E-state index in [4.69, 9.17) is 10.5 Å². The number of ether oxygens (including phenoxy) is 1. The molecule has 0 aromatic heterocycles. The molecule has 0 unspecified atom stereocenters. The van der Waals surface area contributed by atoms with Crippen molar-refractivity contribution in [2.24, 2.45) is 11.7 Å². The monoisotopic (exact) mass is 243 g/mol. The van der Waals surface area contributed by atoms with E-state index in [1.807, 2.05) is 13.8 Å². The average molecular weight is 243 g/mol. The lowest BCUT2D eigenvalue weighted by molar-refractivity contribution is 0.0931. The highest BCUT2D eigenvalue weighted by molar-refractivity contribution is 5.67. The first-order valence-corrected chi connectivity index (χ1v) is 6.47. The maximum atomic E-state index is 11.8. The van der Waals surface area contributed by atoms with Crippen LogP contribution in [0.1, 0.15) is 20.3 Å². The number of nitrogens with two attached hydrogens (primary N) is 1. The summed E-state index contributed by atoms with van der Waals surface area (Å²) in [6.07, 6.45) is 0.824. The maximum absolute atomic E-state index is 11.8. The molecule has 0 aliphatic carbocycles. The van der Waals surface area contributed by atoms with Crippen LogP contribution in [-0.4, -0.2) is 61.8 Å². The van der Waals surface area contributed by atoms with Crippen molar-refractivity contribution in [1.29, 1.82) is 0 Å². The van der Waals surface area contributed by atoms with Gasteiger partial charge in [0.15, 0.2) is 0 Å². The molecule has 0 saturated carbocycles. The topological polar surface area (TPSA) is 58.8 Å². The number of nitrogens with zero attached hydrogens (tertiary/aromatic N) is 2. The van der Waals surface area contributed by atoms with Crippen molar-refractivity contribution in [3.05, 3.63) is 0 Å². The molecule has 1 aliphatic heterocycles. The Hall–Kier alpha value is -0.810. The number of amides is 1. The summed E-state index contributed by atoms with van der Waals surface area (Å²) in [6, 6.07) is 0. The Balaban J connectivity index is 2.32. The smallest absolute Gasteiger partial charge is 0.409 e. The zero-order valence-electron chi connectivity index (χ0n) is 11.0. The fourth-order valence-electron chi connectivity index (χ4n) is 1.89. The van der Waals surface area contributed by atoms with Crippen molar-refractivity contribution in [2.45, 2.75) is 20.3 Å². The molecule has 5 nitrogen and oxygen atoms in total. The minimum absolute atomic E-state index is 0.173. The summed E-state index contributed by atoms with van der Waals surface area (Å²) < 4.78 is 5.24. The number of carbonyl (C=O) groups excluding carboxylic acids is 1. The van der Waals surface area contributed by atoms with Crippen molar-refractivity contribution in [3.63, 3.8) is 0 Å². The molecule has 1 saturated heterocycles. The van der Waals surface area contributed by atoms with Crippen molar-refractivity contribution < 1.29 is 9.53 Å². The molecule has 0 bridgehead atoms. The van der Waals surface area contributed by atoms with Gasteiger partial charge in [-0.3, -0.25) is 0 Å². The molecule has 2 N–H and O–H groups in total. The standard InChI is InChI=1S/C12H25N3O2/c1-11(2)10-17-12(16)15-6-3-5-14(7-4-13)8-9-15/h11H,3-10,13H2,1-2H3. The first-order valence-electron chi connectivity index (χ1n) is 6.47. The van der Waals surface area contributed by atoms with Gasteiger partial charge in [-0.1, -0.05) is 13.8 Å². The van der Waals surface area contributed by atoms with E-state index in [0.29, 0.717) is 19.1 Å². The van der Waals surface area contributed by atoms with Crippen LogP contribution in [0.4, 0.5) is 4.79 Å². The molecular weight excluding hydrogens is 218 g/mol. The van der Waals surface area contributed by atoms with E-state index in [1.165, 1.54) is 0 Å². The summed E-state index contributed by atoms with van der Waals surface area (Å²) in [5.74, 6) is 0.389. The Morgan fingerprint density at radius 3 is 2.71 bits per heavy atom. The summed E-state index contributed by atoms with van der Waals surface area (Å²) in [7, 11) is 0. The Bertz CT molecular complexity index is 234. The van der Waals surface area contributed by atoms with Crippen LogP contribution in [0, 0.1) is 5.92 Å². The number of rotatable bonds is 4. The second-order valence-electron chi connectivity index (χ2n) is 4.94. The van der Waals surface area contributed by atoms with Gasteiger partial charge < -0.3 is 20.3 Å². The van der Waals surface area contributed by atoms with Crippen molar-refractivity contribution in [3.8, 4) is 0 Å². The lowest BCUT2D eigenvalue weighted by Gasteiger charge is -2.21. The van der Waals surface area contributed by atoms with E-state index in [9.17, 15) is 4.79 Å². The first kappa shape index (κ1) is 14.3. The van der Waals surface area contributed by atoms with Gasteiger partial charge in [-0.15, -0.1) is 0 Å². The molecule has 17 heavy (non-hydrogen) atoms. The fraction of sp³-hybridized carbons (Fsp3) is 0.917. The van der Waals surface area contributed by atoms with Crippen LogP contribution in [-0.2, 0) is 4.74 Å². The Kier molecular flexibility index (Phi) is 6.29. The molecule has 1 amide bonds. The van der Waals surface area contributed by atoms with Crippen molar-refractivity contribution >= 4 is 6.09 Å². The highest BCUT2D eigenvalue weighted by Gasteiger charge is 2.19. The van der Waals surface area contributed by atoms with Crippen molar-refractivity contribution in [2.75, 3.05) is 45.9 Å². The third-order valence-corrected chi connectivity index (χ3v) is 2.83. The van der Waals surface area contributed by atoms with E-state index in [1.54, 1.807) is 4.90 Å². The predicted octanol–water partition coefficient (Wildman–Crippen LogP) is 0.745. The van der Waals surface area contributed by atoms with Gasteiger partial charge in [-0.2, -0.15) is 0 Å². The van der Waals surface area contributed by atoms with Gasteiger partial charge in [0, 0.05) is 32.7 Å². The number of hydrogen-bond donors (Lipinski definition) is 1. The molecular formula is C12H25N3O2. The second-order valence-corrected chi connectivity index (χ2v) is 4.94. The van der Waals surface area contributed by atoms with Gasteiger partial charge in [-0.05, 0) is 18.9 Å². The van der Waals surface area contributed by atoms with Crippen molar-refractivity contribution in [1.82, 2.24) is 9.80 Å². The summed E-state index contributed by atoms with van der Waals surface area (Å²) in [5, 5.41) is 0. The average Bonchev–Trinajstić information content (AvgIpc) is 2.52. The Labute approximate surface area is 104 Å². The fourth-order valence-corrected chi connectivity index (χ4v) is 1.89. The largest absolute Gasteiger partial charge is 0.449 e. The maximum Gasteiger partial charge on any atom is 0.409 e.